The highest BCUT2D eigenvalue weighted by atomic mass is 16.5. The van der Waals surface area contributed by atoms with Crippen LogP contribution in [0.5, 0.6) is 5.75 Å². The van der Waals surface area contributed by atoms with Gasteiger partial charge in [0.25, 0.3) is 5.91 Å². The lowest BCUT2D eigenvalue weighted by molar-refractivity contribution is -0.138. The second kappa shape index (κ2) is 9.18. The SMILES string of the molecule is Cc1cccc(OC(C)C(=O)N(CCN(C)C)Cc2ccccn2)c1. The van der Waals surface area contributed by atoms with Crippen molar-refractivity contribution in [3.8, 4) is 5.75 Å². The maximum atomic E-state index is 12.9. The van der Waals surface area contributed by atoms with E-state index in [1.54, 1.807) is 13.1 Å². The molecule has 0 bridgehead atoms. The van der Waals surface area contributed by atoms with Crippen LogP contribution in [0.1, 0.15) is 18.2 Å². The number of likely N-dealkylation sites (N-methyl/N-ethyl adjacent to an activating group) is 1. The van der Waals surface area contributed by atoms with E-state index in [0.29, 0.717) is 18.8 Å². The van der Waals surface area contributed by atoms with Gasteiger partial charge in [-0.2, -0.15) is 0 Å². The molecule has 1 atom stereocenters. The van der Waals surface area contributed by atoms with Gasteiger partial charge in [-0.3, -0.25) is 9.78 Å². The molecule has 0 spiro atoms. The van der Waals surface area contributed by atoms with Crippen molar-refractivity contribution < 1.29 is 9.53 Å². The minimum atomic E-state index is -0.548. The molecule has 2 rings (SSSR count). The van der Waals surface area contributed by atoms with Gasteiger partial charge >= 0.3 is 0 Å². The summed E-state index contributed by atoms with van der Waals surface area (Å²) in [4.78, 5) is 21.1. The van der Waals surface area contributed by atoms with Gasteiger partial charge in [-0.1, -0.05) is 18.2 Å². The first-order valence-corrected chi connectivity index (χ1v) is 8.52. The molecule has 5 nitrogen and oxygen atoms in total. The monoisotopic (exact) mass is 341 g/mol. The first kappa shape index (κ1) is 18.9. The van der Waals surface area contributed by atoms with E-state index in [9.17, 15) is 4.79 Å². The normalized spacial score (nSPS) is 12.0. The number of carbonyl (C=O) groups excluding carboxylic acids is 1. The predicted molar refractivity (Wildman–Crippen MR) is 99.5 cm³/mol. The highest BCUT2D eigenvalue weighted by molar-refractivity contribution is 5.80. The number of amides is 1. The van der Waals surface area contributed by atoms with Crippen LogP contribution >= 0.6 is 0 Å². The number of aryl methyl sites for hydroxylation is 1. The molecule has 0 N–H and O–H groups in total. The van der Waals surface area contributed by atoms with Gasteiger partial charge in [0.05, 0.1) is 12.2 Å². The second-order valence-electron chi connectivity index (χ2n) is 6.46. The fourth-order valence-corrected chi connectivity index (χ4v) is 2.48. The van der Waals surface area contributed by atoms with Crippen molar-refractivity contribution in [3.05, 3.63) is 59.9 Å². The Morgan fingerprint density at radius 2 is 1.96 bits per heavy atom. The first-order chi connectivity index (χ1) is 12.0. The molecule has 0 radical (unpaired) electrons. The van der Waals surface area contributed by atoms with Crippen LogP contribution in [0.4, 0.5) is 0 Å². The summed E-state index contributed by atoms with van der Waals surface area (Å²) >= 11 is 0. The number of ether oxygens (including phenoxy) is 1. The van der Waals surface area contributed by atoms with Gasteiger partial charge in [0.15, 0.2) is 6.10 Å². The molecule has 2 aromatic rings. The van der Waals surface area contributed by atoms with E-state index >= 15 is 0 Å². The predicted octanol–water partition coefficient (Wildman–Crippen LogP) is 2.75. The van der Waals surface area contributed by atoms with Crippen LogP contribution < -0.4 is 4.74 Å². The van der Waals surface area contributed by atoms with Crippen LogP contribution in [0.3, 0.4) is 0 Å². The fraction of sp³-hybridized carbons (Fsp3) is 0.400. The van der Waals surface area contributed by atoms with Crippen molar-refractivity contribution in [2.45, 2.75) is 26.5 Å². The molecule has 1 unspecified atom stereocenters. The van der Waals surface area contributed by atoms with Crippen LogP contribution in [0.25, 0.3) is 0 Å². The molecule has 1 aromatic heterocycles. The summed E-state index contributed by atoms with van der Waals surface area (Å²) in [6, 6.07) is 13.5. The van der Waals surface area contributed by atoms with Crippen molar-refractivity contribution in [1.82, 2.24) is 14.8 Å². The zero-order valence-electron chi connectivity index (χ0n) is 15.5. The third-order valence-electron chi connectivity index (χ3n) is 3.86. The molecule has 5 heteroatoms. The fourth-order valence-electron chi connectivity index (χ4n) is 2.48. The largest absolute Gasteiger partial charge is 0.481 e. The van der Waals surface area contributed by atoms with E-state index in [-0.39, 0.29) is 5.91 Å². The van der Waals surface area contributed by atoms with Gasteiger partial charge in [0, 0.05) is 19.3 Å². The molecule has 0 saturated carbocycles. The standard InChI is InChI=1S/C20H27N3O2/c1-16-8-7-10-19(14-16)25-17(2)20(24)23(13-12-22(3)4)15-18-9-5-6-11-21-18/h5-11,14,17H,12-13,15H2,1-4H3. The van der Waals surface area contributed by atoms with Crippen molar-refractivity contribution >= 4 is 5.91 Å². The van der Waals surface area contributed by atoms with Crippen molar-refractivity contribution in [2.75, 3.05) is 27.2 Å². The molecule has 1 heterocycles. The van der Waals surface area contributed by atoms with Crippen LogP contribution in [0.15, 0.2) is 48.7 Å². The molecule has 134 valence electrons. The molecule has 1 amide bonds. The zero-order valence-corrected chi connectivity index (χ0v) is 15.5. The number of rotatable bonds is 8. The van der Waals surface area contributed by atoms with Gasteiger partial charge in [-0.05, 0) is 57.8 Å². The molecule has 0 aliphatic heterocycles. The van der Waals surface area contributed by atoms with E-state index in [4.69, 9.17) is 4.74 Å². The van der Waals surface area contributed by atoms with Gasteiger partial charge in [-0.15, -0.1) is 0 Å². The number of nitrogens with zero attached hydrogens (tertiary/aromatic N) is 3. The number of hydrogen-bond donors (Lipinski definition) is 0. The Labute approximate surface area is 150 Å². The Morgan fingerprint density at radius 3 is 2.60 bits per heavy atom. The molecule has 0 aliphatic rings. The highest BCUT2D eigenvalue weighted by Gasteiger charge is 2.22. The highest BCUT2D eigenvalue weighted by Crippen LogP contribution is 2.15. The van der Waals surface area contributed by atoms with E-state index < -0.39 is 6.10 Å². The summed E-state index contributed by atoms with van der Waals surface area (Å²) in [6.07, 6.45) is 1.20. The summed E-state index contributed by atoms with van der Waals surface area (Å²) in [5.41, 5.74) is 1.98. The van der Waals surface area contributed by atoms with Crippen LogP contribution in [0.2, 0.25) is 0 Å². The topological polar surface area (TPSA) is 45.7 Å². The Kier molecular flexibility index (Phi) is 6.95. The van der Waals surface area contributed by atoms with Crippen LogP contribution in [0, 0.1) is 6.92 Å². The molecular weight excluding hydrogens is 314 g/mol. The van der Waals surface area contributed by atoms with Gasteiger partial charge in [-0.25, -0.2) is 0 Å². The summed E-state index contributed by atoms with van der Waals surface area (Å²) in [6.45, 7) is 5.70. The lowest BCUT2D eigenvalue weighted by Gasteiger charge is -2.27. The summed E-state index contributed by atoms with van der Waals surface area (Å²) in [7, 11) is 3.99. The summed E-state index contributed by atoms with van der Waals surface area (Å²) in [5.74, 6) is 0.681. The maximum Gasteiger partial charge on any atom is 0.263 e. The quantitative estimate of drug-likeness (QED) is 0.741. The van der Waals surface area contributed by atoms with Crippen molar-refractivity contribution in [3.63, 3.8) is 0 Å². The number of aromatic nitrogens is 1. The Balaban J connectivity index is 2.07. The smallest absolute Gasteiger partial charge is 0.263 e. The van der Waals surface area contributed by atoms with Gasteiger partial charge in [0.1, 0.15) is 5.75 Å². The first-order valence-electron chi connectivity index (χ1n) is 8.52. The Bertz CT molecular complexity index is 674. The van der Waals surface area contributed by atoms with Crippen molar-refractivity contribution in [1.29, 1.82) is 0 Å². The minimum absolute atomic E-state index is 0.0333. The maximum absolute atomic E-state index is 12.9. The van der Waals surface area contributed by atoms with Gasteiger partial charge in [0.2, 0.25) is 0 Å². The number of carbonyl (C=O) groups is 1. The van der Waals surface area contributed by atoms with Crippen LogP contribution in [-0.4, -0.2) is 54.0 Å². The lowest BCUT2D eigenvalue weighted by Crippen LogP contribution is -2.43. The Morgan fingerprint density at radius 1 is 1.16 bits per heavy atom. The van der Waals surface area contributed by atoms with Crippen molar-refractivity contribution in [2.24, 2.45) is 0 Å². The van der Waals surface area contributed by atoms with Crippen LogP contribution in [-0.2, 0) is 11.3 Å². The third-order valence-corrected chi connectivity index (χ3v) is 3.86. The minimum Gasteiger partial charge on any atom is -0.481 e. The molecule has 0 aliphatic carbocycles. The average Bonchev–Trinajstić information content (AvgIpc) is 2.58. The zero-order chi connectivity index (χ0) is 18.2. The summed E-state index contributed by atoms with van der Waals surface area (Å²) < 4.78 is 5.86. The molecule has 0 fully saturated rings. The van der Waals surface area contributed by atoms with Gasteiger partial charge < -0.3 is 14.5 Å². The van der Waals surface area contributed by atoms with E-state index in [2.05, 4.69) is 9.88 Å². The number of pyridine rings is 1. The summed E-state index contributed by atoms with van der Waals surface area (Å²) in [5, 5.41) is 0. The van der Waals surface area contributed by atoms with E-state index in [1.165, 1.54) is 0 Å². The number of hydrogen-bond acceptors (Lipinski definition) is 4. The number of benzene rings is 1. The average molecular weight is 341 g/mol. The molecule has 1 aromatic carbocycles. The Hall–Kier alpha value is -2.40. The molecule has 0 saturated heterocycles. The lowest BCUT2D eigenvalue weighted by atomic mass is 10.2. The third kappa shape index (κ3) is 6.19. The molecule has 25 heavy (non-hydrogen) atoms. The van der Waals surface area contributed by atoms with E-state index in [0.717, 1.165) is 17.8 Å². The molecular formula is C20H27N3O2. The van der Waals surface area contributed by atoms with E-state index in [1.807, 2.05) is 68.4 Å². The second-order valence-corrected chi connectivity index (χ2v) is 6.46.